The van der Waals surface area contributed by atoms with Crippen molar-refractivity contribution in [1.82, 2.24) is 19.5 Å². The van der Waals surface area contributed by atoms with E-state index in [4.69, 9.17) is 15.0 Å². The van der Waals surface area contributed by atoms with Crippen LogP contribution in [-0.2, 0) is 41.8 Å². The molecule has 480 valence electrons. The van der Waals surface area contributed by atoms with Crippen molar-refractivity contribution in [1.29, 1.82) is 0 Å². The monoisotopic (exact) mass is 1440 g/mol. The van der Waals surface area contributed by atoms with Gasteiger partial charge in [-0.05, 0) is 170 Å². The number of rotatable bonds is 11. The zero-order chi connectivity index (χ0) is 67.0. The van der Waals surface area contributed by atoms with Crippen molar-refractivity contribution in [3.8, 4) is 117 Å². The maximum absolute atomic E-state index is 5.21. The van der Waals surface area contributed by atoms with E-state index >= 15 is 0 Å². The molecule has 0 N–H and O–H groups in total. The zero-order valence-electron chi connectivity index (χ0n) is 57.9. The number of hydrogen-bond acceptors (Lipinski definition) is 3. The van der Waals surface area contributed by atoms with Crippen LogP contribution in [0, 0.1) is 29.0 Å². The Bertz CT molecular complexity index is 5240. The van der Waals surface area contributed by atoms with E-state index in [1.54, 1.807) is 0 Å². The van der Waals surface area contributed by atoms with Crippen LogP contribution in [-0.4, -0.2) is 19.5 Å². The van der Waals surface area contributed by atoms with Crippen LogP contribution in [0.1, 0.15) is 105 Å². The van der Waals surface area contributed by atoms with Crippen LogP contribution in [0.3, 0.4) is 0 Å². The topological polar surface area (TPSA) is 43.6 Å². The van der Waals surface area contributed by atoms with Crippen LogP contribution in [0.25, 0.3) is 139 Å². The van der Waals surface area contributed by atoms with E-state index in [0.717, 1.165) is 117 Å². The van der Waals surface area contributed by atoms with E-state index in [9.17, 15) is 0 Å². The average Bonchev–Trinajstić information content (AvgIpc) is 1.55. The summed E-state index contributed by atoms with van der Waals surface area (Å²) in [4.78, 5) is 15.6. The molecule has 4 aromatic heterocycles. The van der Waals surface area contributed by atoms with Gasteiger partial charge in [0, 0.05) is 35.1 Å². The molecule has 5 heteroatoms. The molecular weight excluding hydrogens is 1370 g/mol. The van der Waals surface area contributed by atoms with Crippen molar-refractivity contribution >= 4 is 21.8 Å². The molecule has 0 atom stereocenters. The first-order valence-electron chi connectivity index (χ1n) is 34.2. The van der Waals surface area contributed by atoms with E-state index in [1.807, 2.05) is 24.7 Å². The molecule has 0 amide bonds. The summed E-state index contributed by atoms with van der Waals surface area (Å²) >= 11 is 0. The van der Waals surface area contributed by atoms with Crippen LogP contribution in [0.15, 0.2) is 261 Å². The zero-order valence-corrected chi connectivity index (χ0v) is 60.3. The molecule has 14 aromatic rings. The van der Waals surface area contributed by atoms with Crippen molar-refractivity contribution in [3.63, 3.8) is 0 Å². The Morgan fingerprint density at radius 1 is 0.286 bits per heavy atom. The van der Waals surface area contributed by atoms with Gasteiger partial charge in [0.25, 0.3) is 0 Å². The number of fused-ring (bicyclic) bond motifs is 5. The van der Waals surface area contributed by atoms with E-state index in [-0.39, 0.29) is 52.6 Å². The maximum Gasteiger partial charge on any atom is 3.00 e. The summed E-state index contributed by atoms with van der Waals surface area (Å²) in [7, 11) is 0. The summed E-state index contributed by atoms with van der Waals surface area (Å²) in [5, 5.41) is 2.44. The first kappa shape index (κ1) is 64.1. The molecule has 0 unspecified atom stereocenters. The van der Waals surface area contributed by atoms with Gasteiger partial charge in [0.2, 0.25) is 0 Å². The molecular formula is C93H79IrN4. The second-order valence-corrected chi connectivity index (χ2v) is 30.2. The van der Waals surface area contributed by atoms with Crippen molar-refractivity contribution in [2.45, 2.75) is 105 Å². The summed E-state index contributed by atoms with van der Waals surface area (Å²) in [5.74, 6) is 0. The van der Waals surface area contributed by atoms with Crippen LogP contribution < -0.4 is 0 Å². The molecule has 4 nitrogen and oxygen atoms in total. The Kier molecular flexibility index (Phi) is 15.5. The molecule has 0 spiro atoms. The van der Waals surface area contributed by atoms with Crippen LogP contribution >= 0.6 is 0 Å². The Hall–Kier alpha value is -9.90. The fourth-order valence-corrected chi connectivity index (χ4v) is 16.2. The molecule has 0 fully saturated rings. The normalized spacial score (nSPS) is 15.8. The summed E-state index contributed by atoms with van der Waals surface area (Å²) < 4.78 is 2.36. The molecule has 2 aliphatic rings. The minimum atomic E-state index is -0.0276. The Balaban J connectivity index is 0.00000784. The van der Waals surface area contributed by atoms with E-state index in [0.29, 0.717) is 0 Å². The number of aromatic nitrogens is 4. The molecule has 98 heavy (non-hydrogen) atoms. The van der Waals surface area contributed by atoms with Gasteiger partial charge >= 0.3 is 20.1 Å². The van der Waals surface area contributed by atoms with Crippen LogP contribution in [0.4, 0.5) is 0 Å². The minimum Gasteiger partial charge on any atom is -0.309 e. The third-order valence-electron chi connectivity index (χ3n) is 24.4. The Morgan fingerprint density at radius 3 is 1.07 bits per heavy atom. The summed E-state index contributed by atoms with van der Waals surface area (Å²) in [6, 6.07) is 99.1. The minimum absolute atomic E-state index is 0. The summed E-state index contributed by atoms with van der Waals surface area (Å²) in [6.45, 7) is 28.7. The van der Waals surface area contributed by atoms with Crippen molar-refractivity contribution in [2.75, 3.05) is 0 Å². The third kappa shape index (κ3) is 10.0. The van der Waals surface area contributed by atoms with E-state index in [2.05, 4.69) is 342 Å². The molecule has 0 saturated heterocycles. The molecule has 2 aliphatic carbocycles. The van der Waals surface area contributed by atoms with Gasteiger partial charge in [0.15, 0.2) is 0 Å². The molecule has 4 heterocycles. The second-order valence-electron chi connectivity index (χ2n) is 30.2. The maximum atomic E-state index is 5.21. The van der Waals surface area contributed by atoms with Gasteiger partial charge in [-0.3, -0.25) is 0 Å². The van der Waals surface area contributed by atoms with Crippen molar-refractivity contribution in [2.24, 2.45) is 10.8 Å². The summed E-state index contributed by atoms with van der Waals surface area (Å²) in [6.07, 6.45) is 6.10. The number of hydrogen-bond donors (Lipinski definition) is 0. The second kappa shape index (κ2) is 23.7. The molecule has 0 aliphatic heterocycles. The molecule has 0 radical (unpaired) electrons. The third-order valence-corrected chi connectivity index (χ3v) is 24.4. The largest absolute Gasteiger partial charge is 3.00 e. The first-order valence-corrected chi connectivity index (χ1v) is 34.2. The standard InChI is InChI=1S/C93H79N4.Ir/c1-88(2)79-43-37-62(54-81(79)90(5,6)92(88,9)10)84-46-40-65(57-95-84)72-30-17-20-33-75(72)68-50-67(51-69(52-68)76-34-21-18-31-73(76)66-41-47-85(96-58-66)63-38-44-80-82(55-63)91(7,8)93(11,12)89(80,3)4)74-32-19-16-29-71(74)64-39-45-83(94-56-64)61-26-24-25-59(49-61)60-42-48-87-78(53-60)77-35-22-23-36-86(77)97(87)70-27-14-13-15-28-70;/h13-25,27-36,39-58H,1-12H3;/q-3;+3. The summed E-state index contributed by atoms with van der Waals surface area (Å²) in [5.41, 5.74) is 30.0. The van der Waals surface area contributed by atoms with Gasteiger partial charge in [-0.15, -0.1) is 105 Å². The fraction of sp³-hybridized carbons (Fsp3) is 0.194. The fourth-order valence-electron chi connectivity index (χ4n) is 16.2. The Labute approximate surface area is 592 Å². The number of pyridine rings is 3. The molecule has 0 bridgehead atoms. The SMILES string of the molecule is CC1(C)c2c[c-]c(-c3ccc(-c4ccccc4-c4cc(-c5ccccc5-c5ccc(-c6[c-]ccc(-c7ccc8c(c7)c7ccccc7n8-c7ccccc7)c6)nc5)cc(-c5ccccc5-c5ccc(-c6[c-]cc7c(c6)C(C)(C)C(C)(C)C7(C)C)nc5)c4)cn3)cc2C(C)(C)C1(C)C.[Ir+3]. The van der Waals surface area contributed by atoms with Gasteiger partial charge in [-0.25, -0.2) is 0 Å². The van der Waals surface area contributed by atoms with Gasteiger partial charge in [-0.1, -0.05) is 235 Å². The predicted octanol–water partition coefficient (Wildman–Crippen LogP) is 24.2. The smallest absolute Gasteiger partial charge is 0.309 e. The Morgan fingerprint density at radius 2 is 0.643 bits per heavy atom. The number of benzene rings is 10. The van der Waals surface area contributed by atoms with Gasteiger partial charge in [-0.2, -0.15) is 0 Å². The van der Waals surface area contributed by atoms with Gasteiger partial charge in [0.05, 0.1) is 11.0 Å². The average molecular weight is 1440 g/mol. The number of nitrogens with zero attached hydrogens (tertiary/aromatic N) is 4. The van der Waals surface area contributed by atoms with Crippen molar-refractivity contribution in [3.05, 3.63) is 302 Å². The molecule has 0 saturated carbocycles. The molecule has 10 aromatic carbocycles. The van der Waals surface area contributed by atoms with E-state index in [1.165, 1.54) is 44.1 Å². The predicted molar refractivity (Wildman–Crippen MR) is 405 cm³/mol. The van der Waals surface area contributed by atoms with Crippen LogP contribution in [0.5, 0.6) is 0 Å². The number of para-hydroxylation sites is 2. The van der Waals surface area contributed by atoms with Crippen molar-refractivity contribution < 1.29 is 20.1 Å². The first-order chi connectivity index (χ1) is 46.6. The quantitative estimate of drug-likeness (QED) is 0.121. The van der Waals surface area contributed by atoms with Gasteiger partial charge in [0.1, 0.15) is 0 Å². The van der Waals surface area contributed by atoms with Crippen LogP contribution in [0.2, 0.25) is 0 Å². The van der Waals surface area contributed by atoms with Gasteiger partial charge < -0.3 is 19.5 Å². The van der Waals surface area contributed by atoms with E-state index < -0.39 is 0 Å². The molecule has 16 rings (SSSR count).